The van der Waals surface area contributed by atoms with Crippen molar-refractivity contribution in [3.8, 4) is 17.2 Å². The minimum atomic E-state index is -0.751. The van der Waals surface area contributed by atoms with Gasteiger partial charge in [-0.1, -0.05) is 27.7 Å². The zero-order valence-electron chi connectivity index (χ0n) is 20.6. The molecule has 5 atom stereocenters. The highest BCUT2D eigenvalue weighted by Crippen LogP contribution is 2.68. The molecule has 0 saturated heterocycles. The molecule has 0 unspecified atom stereocenters. The number of hydrogen-bond acceptors (Lipinski definition) is 7. The first-order valence-corrected chi connectivity index (χ1v) is 12.1. The maximum absolute atomic E-state index is 13.2. The first-order valence-electron chi connectivity index (χ1n) is 12.1. The normalized spacial score (nSPS) is 26.5. The predicted molar refractivity (Wildman–Crippen MR) is 126 cm³/mol. The molecule has 3 N–H and O–H groups in total. The average Bonchev–Trinajstić information content (AvgIpc) is 3.06. The summed E-state index contributed by atoms with van der Waals surface area (Å²) in [5.74, 6) is -2.12. The molecule has 0 bridgehead atoms. The third-order valence-electron chi connectivity index (χ3n) is 8.27. The minimum Gasteiger partial charge on any atom is -0.507 e. The van der Waals surface area contributed by atoms with Crippen LogP contribution in [0.2, 0.25) is 0 Å². The predicted octanol–water partition coefficient (Wildman–Crippen LogP) is 4.79. The Morgan fingerprint density at radius 1 is 1.06 bits per heavy atom. The number of aldehydes is 2. The van der Waals surface area contributed by atoms with E-state index in [1.165, 1.54) is 0 Å². The molecule has 2 fully saturated rings. The molecule has 2 aliphatic carbocycles. The molecule has 2 aliphatic rings. The van der Waals surface area contributed by atoms with Crippen molar-refractivity contribution in [3.05, 3.63) is 16.7 Å². The number of rotatable bonds is 10. The molecule has 0 aliphatic heterocycles. The number of phenolic OH excluding ortho intramolecular Hbond substituents is 3. The summed E-state index contributed by atoms with van der Waals surface area (Å²) < 4.78 is 0. The van der Waals surface area contributed by atoms with Crippen LogP contribution in [0, 0.1) is 35.0 Å². The number of hydrogen-bond donors (Lipinski definition) is 3. The molecule has 0 radical (unpaired) electrons. The van der Waals surface area contributed by atoms with E-state index in [0.717, 1.165) is 6.42 Å². The van der Waals surface area contributed by atoms with Gasteiger partial charge in [0.2, 0.25) is 0 Å². The molecule has 3 rings (SSSR count). The van der Waals surface area contributed by atoms with Crippen LogP contribution in [0.15, 0.2) is 0 Å². The van der Waals surface area contributed by atoms with Crippen LogP contribution >= 0.6 is 0 Å². The first-order chi connectivity index (χ1) is 15.9. The van der Waals surface area contributed by atoms with Crippen molar-refractivity contribution in [2.45, 2.75) is 72.6 Å². The van der Waals surface area contributed by atoms with Crippen LogP contribution in [0.5, 0.6) is 17.2 Å². The highest BCUT2D eigenvalue weighted by molar-refractivity contribution is 5.95. The number of carbonyl (C=O) groups is 4. The number of ketones is 2. The van der Waals surface area contributed by atoms with E-state index < -0.39 is 34.3 Å². The Kier molecular flexibility index (Phi) is 7.25. The molecule has 7 heteroatoms. The summed E-state index contributed by atoms with van der Waals surface area (Å²) in [5.41, 5.74) is -0.924. The van der Waals surface area contributed by atoms with Crippen molar-refractivity contribution < 1.29 is 34.5 Å². The number of phenols is 3. The van der Waals surface area contributed by atoms with Gasteiger partial charge in [-0.05, 0) is 61.2 Å². The molecule has 1 aromatic carbocycles. The fraction of sp³-hybridized carbons (Fsp3) is 0.630. The van der Waals surface area contributed by atoms with Crippen molar-refractivity contribution in [1.29, 1.82) is 0 Å². The van der Waals surface area contributed by atoms with E-state index in [9.17, 15) is 34.5 Å². The summed E-state index contributed by atoms with van der Waals surface area (Å²) in [6, 6.07) is 0. The van der Waals surface area contributed by atoms with E-state index in [1.807, 2.05) is 13.8 Å². The molecule has 0 heterocycles. The second kappa shape index (κ2) is 9.51. The molecule has 0 aromatic heterocycles. The van der Waals surface area contributed by atoms with Crippen molar-refractivity contribution in [1.82, 2.24) is 0 Å². The van der Waals surface area contributed by atoms with Gasteiger partial charge in [-0.2, -0.15) is 0 Å². The van der Waals surface area contributed by atoms with E-state index >= 15 is 0 Å². The van der Waals surface area contributed by atoms with Crippen LogP contribution in [-0.4, -0.2) is 39.5 Å². The van der Waals surface area contributed by atoms with Crippen LogP contribution in [0.1, 0.15) is 98.9 Å². The number of Topliss-reactive ketones (excluding diaryl/α,β-unsaturated/α-hetero) is 2. The summed E-state index contributed by atoms with van der Waals surface area (Å²) in [4.78, 5) is 48.0. The first kappa shape index (κ1) is 25.9. The van der Waals surface area contributed by atoms with Crippen LogP contribution in [0.25, 0.3) is 0 Å². The quantitative estimate of drug-likeness (QED) is 0.417. The van der Waals surface area contributed by atoms with Gasteiger partial charge in [0.25, 0.3) is 0 Å². The van der Waals surface area contributed by atoms with Crippen molar-refractivity contribution >= 4 is 24.1 Å². The molecule has 1 aromatic rings. The monoisotopic (exact) mass is 472 g/mol. The van der Waals surface area contributed by atoms with Crippen molar-refractivity contribution in [2.24, 2.45) is 35.0 Å². The Labute approximate surface area is 200 Å². The molecular formula is C27H36O7. The second-order valence-electron chi connectivity index (χ2n) is 11.1. The summed E-state index contributed by atoms with van der Waals surface area (Å²) in [6.07, 6.45) is 3.20. The molecular weight excluding hydrogens is 436 g/mol. The van der Waals surface area contributed by atoms with Gasteiger partial charge in [0.05, 0.1) is 11.1 Å². The largest absolute Gasteiger partial charge is 0.507 e. The van der Waals surface area contributed by atoms with Gasteiger partial charge in [-0.15, -0.1) is 0 Å². The van der Waals surface area contributed by atoms with Gasteiger partial charge >= 0.3 is 0 Å². The zero-order valence-corrected chi connectivity index (χ0v) is 20.6. The highest BCUT2D eigenvalue weighted by atomic mass is 16.3. The van der Waals surface area contributed by atoms with Crippen LogP contribution in [0.4, 0.5) is 0 Å². The summed E-state index contributed by atoms with van der Waals surface area (Å²) in [7, 11) is 0. The Balaban J connectivity index is 2.10. The molecule has 0 amide bonds. The third-order valence-corrected chi connectivity index (χ3v) is 8.27. The molecule has 7 nitrogen and oxygen atoms in total. The smallest absolute Gasteiger partial charge is 0.157 e. The summed E-state index contributed by atoms with van der Waals surface area (Å²) in [5, 5.41) is 32.1. The Bertz CT molecular complexity index is 972. The Morgan fingerprint density at radius 2 is 1.62 bits per heavy atom. The highest BCUT2D eigenvalue weighted by Gasteiger charge is 2.64. The fourth-order valence-electron chi connectivity index (χ4n) is 6.58. The van der Waals surface area contributed by atoms with Gasteiger partial charge in [0.1, 0.15) is 28.8 Å². The fourth-order valence-corrected chi connectivity index (χ4v) is 6.58. The second-order valence-corrected chi connectivity index (χ2v) is 11.1. The summed E-state index contributed by atoms with van der Waals surface area (Å²) in [6.45, 7) is 9.79. The van der Waals surface area contributed by atoms with Crippen LogP contribution < -0.4 is 0 Å². The standard InChI is InChI=1S/C27H36O7/c1-13(2)10-16(22-25(33)17(11-28)24(32)18(12-29)26(22)34)15-7-9-20(31)21(15)23-19(27(23,4)5)8-6-14(3)30/h11-13,15-16,19,21,23,32-34H,6-10H2,1-5H3/t15-,16-,19-,21-,23-/m1/s1. The maximum atomic E-state index is 13.2. The lowest BCUT2D eigenvalue weighted by molar-refractivity contribution is -0.122. The van der Waals surface area contributed by atoms with Gasteiger partial charge in [-0.25, -0.2) is 0 Å². The minimum absolute atomic E-state index is 0.0548. The van der Waals surface area contributed by atoms with Crippen LogP contribution in [0.3, 0.4) is 0 Å². The van der Waals surface area contributed by atoms with E-state index in [1.54, 1.807) is 6.92 Å². The Hall–Kier alpha value is -2.70. The molecule has 2 saturated carbocycles. The van der Waals surface area contributed by atoms with E-state index in [4.69, 9.17) is 0 Å². The zero-order chi connectivity index (χ0) is 25.5. The number of carbonyl (C=O) groups excluding carboxylic acids is 4. The van der Waals surface area contributed by atoms with Crippen LogP contribution in [-0.2, 0) is 9.59 Å². The lowest BCUT2D eigenvalue weighted by Crippen LogP contribution is -2.26. The van der Waals surface area contributed by atoms with Gasteiger partial charge in [0, 0.05) is 24.3 Å². The lowest BCUT2D eigenvalue weighted by atomic mass is 9.72. The Morgan fingerprint density at radius 3 is 2.09 bits per heavy atom. The SMILES string of the molecule is CC(=O)CC[C@@H]1[C@H]([C@H]2C(=O)CC[C@@H]2[C@@H](CC(C)C)c2c(O)c(C=O)c(O)c(C=O)c2O)C1(C)C. The van der Waals surface area contributed by atoms with Gasteiger partial charge in [0.15, 0.2) is 12.6 Å². The number of benzene rings is 1. The topological polar surface area (TPSA) is 129 Å². The summed E-state index contributed by atoms with van der Waals surface area (Å²) >= 11 is 0. The van der Waals surface area contributed by atoms with Crippen molar-refractivity contribution in [3.63, 3.8) is 0 Å². The van der Waals surface area contributed by atoms with Gasteiger partial charge in [-0.3, -0.25) is 14.4 Å². The van der Waals surface area contributed by atoms with Crippen molar-refractivity contribution in [2.75, 3.05) is 0 Å². The average molecular weight is 473 g/mol. The molecule has 186 valence electrons. The maximum Gasteiger partial charge on any atom is 0.157 e. The lowest BCUT2D eigenvalue weighted by Gasteiger charge is -2.32. The third kappa shape index (κ3) is 4.37. The van der Waals surface area contributed by atoms with Gasteiger partial charge < -0.3 is 20.1 Å². The van der Waals surface area contributed by atoms with E-state index in [2.05, 4.69) is 13.8 Å². The van der Waals surface area contributed by atoms with E-state index in [0.29, 0.717) is 25.7 Å². The molecule has 34 heavy (non-hydrogen) atoms. The number of aromatic hydroxyl groups is 3. The molecule has 0 spiro atoms. The van der Waals surface area contributed by atoms with E-state index in [-0.39, 0.29) is 64.7 Å².